The van der Waals surface area contributed by atoms with Crippen LogP contribution in [0.15, 0.2) is 18.2 Å². The van der Waals surface area contributed by atoms with E-state index in [9.17, 15) is 9.59 Å². The molecule has 1 atom stereocenters. The quantitative estimate of drug-likeness (QED) is 0.748. The van der Waals surface area contributed by atoms with Crippen LogP contribution in [0, 0.1) is 0 Å². The number of benzene rings is 1. The molecule has 0 saturated carbocycles. The molecule has 0 fully saturated rings. The van der Waals surface area contributed by atoms with Crippen molar-refractivity contribution in [2.75, 3.05) is 5.32 Å². The Hall–Kier alpha value is -1.59. The predicted octanol–water partition coefficient (Wildman–Crippen LogP) is 2.49. The fraction of sp³-hybridized carbons (Fsp3) is 0.385. The number of carboxylic acids is 1. The zero-order chi connectivity index (χ0) is 14.4. The van der Waals surface area contributed by atoms with Crippen LogP contribution in [0.3, 0.4) is 0 Å². The summed E-state index contributed by atoms with van der Waals surface area (Å²) in [4.78, 5) is 22.7. The SMILES string of the molecule is CCCC[C@H](N)C(=O)Nc1ccc(Cl)c(C(=O)O)c1. The van der Waals surface area contributed by atoms with E-state index in [0.29, 0.717) is 12.1 Å². The third kappa shape index (κ3) is 4.54. The summed E-state index contributed by atoms with van der Waals surface area (Å²) in [7, 11) is 0. The lowest BCUT2D eigenvalue weighted by molar-refractivity contribution is -0.117. The molecule has 5 nitrogen and oxygen atoms in total. The summed E-state index contributed by atoms with van der Waals surface area (Å²) >= 11 is 5.74. The van der Waals surface area contributed by atoms with Gasteiger partial charge >= 0.3 is 5.97 Å². The van der Waals surface area contributed by atoms with Crippen LogP contribution < -0.4 is 11.1 Å². The van der Waals surface area contributed by atoms with E-state index in [-0.39, 0.29) is 16.5 Å². The van der Waals surface area contributed by atoms with Crippen LogP contribution in [0.5, 0.6) is 0 Å². The second-order valence-corrected chi connectivity index (χ2v) is 4.64. The molecule has 0 radical (unpaired) electrons. The molecule has 1 rings (SSSR count). The Bertz CT molecular complexity index is 477. The number of hydrogen-bond donors (Lipinski definition) is 3. The van der Waals surface area contributed by atoms with Crippen molar-refractivity contribution >= 4 is 29.2 Å². The molecular formula is C13H17ClN2O3. The van der Waals surface area contributed by atoms with Crippen molar-refractivity contribution in [3.63, 3.8) is 0 Å². The van der Waals surface area contributed by atoms with Gasteiger partial charge in [-0.25, -0.2) is 4.79 Å². The van der Waals surface area contributed by atoms with Gasteiger partial charge in [-0.3, -0.25) is 4.79 Å². The monoisotopic (exact) mass is 284 g/mol. The standard InChI is InChI=1S/C13H17ClN2O3/c1-2-3-4-11(15)12(17)16-8-5-6-10(14)9(7-8)13(18)19/h5-7,11H,2-4,15H2,1H3,(H,16,17)(H,18,19)/t11-/m0/s1. The third-order valence-corrected chi connectivity index (χ3v) is 3.00. The molecule has 6 heteroatoms. The predicted molar refractivity (Wildman–Crippen MR) is 74.5 cm³/mol. The summed E-state index contributed by atoms with van der Waals surface area (Å²) in [5.41, 5.74) is 6.04. The number of halogens is 1. The maximum Gasteiger partial charge on any atom is 0.337 e. The Morgan fingerprint density at radius 2 is 2.16 bits per heavy atom. The molecule has 0 aromatic heterocycles. The van der Waals surface area contributed by atoms with Gasteiger partial charge in [0.25, 0.3) is 0 Å². The Labute approximate surface area is 116 Å². The summed E-state index contributed by atoms with van der Waals surface area (Å²) in [5.74, 6) is -1.47. The van der Waals surface area contributed by atoms with Gasteiger partial charge in [0.15, 0.2) is 0 Å². The van der Waals surface area contributed by atoms with E-state index in [1.807, 2.05) is 6.92 Å². The van der Waals surface area contributed by atoms with Crippen LogP contribution >= 0.6 is 11.6 Å². The number of nitrogens with one attached hydrogen (secondary N) is 1. The normalized spacial score (nSPS) is 11.9. The average molecular weight is 285 g/mol. The van der Waals surface area contributed by atoms with E-state index >= 15 is 0 Å². The van der Waals surface area contributed by atoms with Gasteiger partial charge in [0.2, 0.25) is 5.91 Å². The lowest BCUT2D eigenvalue weighted by atomic mass is 10.1. The lowest BCUT2D eigenvalue weighted by Gasteiger charge is -2.12. The average Bonchev–Trinajstić information content (AvgIpc) is 2.37. The first-order chi connectivity index (χ1) is 8.95. The number of unbranched alkanes of at least 4 members (excludes halogenated alkanes) is 1. The van der Waals surface area contributed by atoms with E-state index in [0.717, 1.165) is 12.8 Å². The minimum atomic E-state index is -1.14. The highest BCUT2D eigenvalue weighted by Gasteiger charge is 2.15. The van der Waals surface area contributed by atoms with Gasteiger partial charge < -0.3 is 16.2 Å². The number of rotatable bonds is 6. The minimum absolute atomic E-state index is 0.0541. The van der Waals surface area contributed by atoms with Gasteiger partial charge in [0.05, 0.1) is 16.6 Å². The smallest absolute Gasteiger partial charge is 0.337 e. The Morgan fingerprint density at radius 3 is 2.74 bits per heavy atom. The van der Waals surface area contributed by atoms with Crippen molar-refractivity contribution < 1.29 is 14.7 Å². The molecule has 4 N–H and O–H groups in total. The number of carboxylic acid groups (broad SMARTS) is 1. The van der Waals surface area contributed by atoms with Crippen molar-refractivity contribution in [3.05, 3.63) is 28.8 Å². The number of hydrogen-bond acceptors (Lipinski definition) is 3. The zero-order valence-electron chi connectivity index (χ0n) is 10.6. The molecule has 0 bridgehead atoms. The first kappa shape index (κ1) is 15.5. The van der Waals surface area contributed by atoms with E-state index in [4.69, 9.17) is 22.4 Å². The maximum atomic E-state index is 11.8. The second kappa shape index (κ2) is 7.11. The molecule has 104 valence electrons. The maximum absolute atomic E-state index is 11.8. The topological polar surface area (TPSA) is 92.4 Å². The summed E-state index contributed by atoms with van der Waals surface area (Å²) in [6, 6.07) is 3.69. The van der Waals surface area contributed by atoms with Crippen molar-refractivity contribution in [1.29, 1.82) is 0 Å². The van der Waals surface area contributed by atoms with Crippen molar-refractivity contribution in [2.45, 2.75) is 32.2 Å². The molecule has 0 aliphatic heterocycles. The van der Waals surface area contributed by atoms with Crippen molar-refractivity contribution in [2.24, 2.45) is 5.73 Å². The van der Waals surface area contributed by atoms with Crippen LogP contribution in [-0.4, -0.2) is 23.0 Å². The van der Waals surface area contributed by atoms with Crippen LogP contribution in [0.4, 0.5) is 5.69 Å². The molecule has 0 spiro atoms. The lowest BCUT2D eigenvalue weighted by Crippen LogP contribution is -2.35. The fourth-order valence-corrected chi connectivity index (χ4v) is 1.76. The van der Waals surface area contributed by atoms with Gasteiger partial charge in [-0.2, -0.15) is 0 Å². The molecule has 1 amide bonds. The van der Waals surface area contributed by atoms with Gasteiger partial charge in [-0.1, -0.05) is 31.4 Å². The molecule has 0 aliphatic rings. The van der Waals surface area contributed by atoms with E-state index in [1.165, 1.54) is 12.1 Å². The van der Waals surface area contributed by atoms with E-state index in [2.05, 4.69) is 5.32 Å². The summed E-state index contributed by atoms with van der Waals surface area (Å²) in [5, 5.41) is 11.6. The molecule has 0 heterocycles. The van der Waals surface area contributed by atoms with Gasteiger partial charge in [-0.05, 0) is 24.6 Å². The Morgan fingerprint density at radius 1 is 1.47 bits per heavy atom. The van der Waals surface area contributed by atoms with Crippen molar-refractivity contribution in [1.82, 2.24) is 0 Å². The second-order valence-electron chi connectivity index (χ2n) is 4.24. The molecule has 1 aromatic carbocycles. The van der Waals surface area contributed by atoms with Gasteiger partial charge in [0, 0.05) is 5.69 Å². The highest BCUT2D eigenvalue weighted by molar-refractivity contribution is 6.33. The number of carbonyl (C=O) groups is 2. The Balaban J connectivity index is 2.74. The number of aromatic carboxylic acids is 1. The van der Waals surface area contributed by atoms with Crippen LogP contribution in [-0.2, 0) is 4.79 Å². The first-order valence-corrected chi connectivity index (χ1v) is 6.42. The summed E-state index contributed by atoms with van der Waals surface area (Å²) in [6.07, 6.45) is 2.43. The Kier molecular flexibility index (Phi) is 5.79. The number of carbonyl (C=O) groups excluding carboxylic acids is 1. The van der Waals surface area contributed by atoms with Crippen molar-refractivity contribution in [3.8, 4) is 0 Å². The van der Waals surface area contributed by atoms with Gasteiger partial charge in [-0.15, -0.1) is 0 Å². The first-order valence-electron chi connectivity index (χ1n) is 6.05. The molecule has 0 unspecified atom stereocenters. The summed E-state index contributed by atoms with van der Waals surface area (Å²) in [6.45, 7) is 2.02. The van der Waals surface area contributed by atoms with Gasteiger partial charge in [0.1, 0.15) is 0 Å². The largest absolute Gasteiger partial charge is 0.478 e. The highest BCUT2D eigenvalue weighted by Crippen LogP contribution is 2.20. The zero-order valence-corrected chi connectivity index (χ0v) is 11.4. The van der Waals surface area contributed by atoms with E-state index < -0.39 is 12.0 Å². The molecule has 19 heavy (non-hydrogen) atoms. The third-order valence-electron chi connectivity index (χ3n) is 2.67. The van der Waals surface area contributed by atoms with Crippen LogP contribution in [0.25, 0.3) is 0 Å². The molecule has 0 saturated heterocycles. The number of anilines is 1. The minimum Gasteiger partial charge on any atom is -0.478 e. The summed E-state index contributed by atoms with van der Waals surface area (Å²) < 4.78 is 0. The fourth-order valence-electron chi connectivity index (χ4n) is 1.56. The molecule has 1 aromatic rings. The molecular weight excluding hydrogens is 268 g/mol. The van der Waals surface area contributed by atoms with Crippen LogP contribution in [0.2, 0.25) is 5.02 Å². The number of amides is 1. The number of nitrogens with two attached hydrogens (primary N) is 1. The van der Waals surface area contributed by atoms with E-state index in [1.54, 1.807) is 6.07 Å². The van der Waals surface area contributed by atoms with Crippen LogP contribution in [0.1, 0.15) is 36.5 Å². The highest BCUT2D eigenvalue weighted by atomic mass is 35.5. The molecule has 0 aliphatic carbocycles.